The summed E-state index contributed by atoms with van der Waals surface area (Å²) in [4.78, 5) is 9.96. The van der Waals surface area contributed by atoms with Crippen molar-refractivity contribution in [1.29, 1.82) is 0 Å². The molecule has 0 aliphatic heterocycles. The van der Waals surface area contributed by atoms with Crippen molar-refractivity contribution in [3.8, 4) is 11.1 Å². The predicted octanol–water partition coefficient (Wildman–Crippen LogP) is 4.93. The van der Waals surface area contributed by atoms with Gasteiger partial charge in [0, 0.05) is 17.7 Å². The second kappa shape index (κ2) is 5.13. The maximum atomic E-state index is 12.6. The highest BCUT2D eigenvalue weighted by Crippen LogP contribution is 2.35. The summed E-state index contributed by atoms with van der Waals surface area (Å²) in [7, 11) is 0. The first-order chi connectivity index (χ1) is 9.29. The van der Waals surface area contributed by atoms with Gasteiger partial charge in [0.15, 0.2) is 0 Å². The molecule has 0 aromatic heterocycles. The van der Waals surface area contributed by atoms with Crippen molar-refractivity contribution >= 4 is 17.3 Å². The minimum atomic E-state index is -4.46. The molecule has 0 spiro atoms. The predicted molar refractivity (Wildman–Crippen MR) is 68.5 cm³/mol. The fraction of sp³-hybridized carbons (Fsp3) is 0.0769. The Labute approximate surface area is 116 Å². The number of alkyl halides is 3. The molecule has 0 amide bonds. The van der Waals surface area contributed by atoms with Gasteiger partial charge in [0.1, 0.15) is 0 Å². The Balaban J connectivity index is 2.49. The highest BCUT2D eigenvalue weighted by Gasteiger charge is 2.30. The molecule has 0 fully saturated rings. The molecule has 0 bridgehead atoms. The van der Waals surface area contributed by atoms with E-state index in [1.807, 2.05) is 0 Å². The van der Waals surface area contributed by atoms with Crippen LogP contribution in [0.25, 0.3) is 11.1 Å². The molecule has 20 heavy (non-hydrogen) atoms. The van der Waals surface area contributed by atoms with E-state index >= 15 is 0 Å². The van der Waals surface area contributed by atoms with Gasteiger partial charge in [0.25, 0.3) is 5.69 Å². The van der Waals surface area contributed by atoms with Crippen molar-refractivity contribution in [2.75, 3.05) is 0 Å². The number of hydrogen-bond donors (Lipinski definition) is 0. The molecule has 0 unspecified atom stereocenters. The van der Waals surface area contributed by atoms with E-state index in [0.29, 0.717) is 5.56 Å². The zero-order valence-electron chi connectivity index (χ0n) is 9.82. The molecule has 0 saturated carbocycles. The summed E-state index contributed by atoms with van der Waals surface area (Å²) in [6.07, 6.45) is -4.46. The summed E-state index contributed by atoms with van der Waals surface area (Å²) in [6.45, 7) is 0. The zero-order valence-corrected chi connectivity index (χ0v) is 10.6. The van der Waals surface area contributed by atoms with E-state index in [0.717, 1.165) is 18.2 Å². The molecule has 7 heteroatoms. The number of benzene rings is 2. The van der Waals surface area contributed by atoms with Crippen LogP contribution in [0, 0.1) is 10.1 Å². The molecule has 104 valence electrons. The van der Waals surface area contributed by atoms with E-state index in [2.05, 4.69) is 0 Å². The molecular weight excluding hydrogens is 295 g/mol. The number of halogens is 4. The third kappa shape index (κ3) is 2.91. The van der Waals surface area contributed by atoms with Gasteiger partial charge in [-0.1, -0.05) is 23.7 Å². The quantitative estimate of drug-likeness (QED) is 0.583. The van der Waals surface area contributed by atoms with Crippen molar-refractivity contribution in [2.24, 2.45) is 0 Å². The van der Waals surface area contributed by atoms with Crippen LogP contribution in [0.1, 0.15) is 5.56 Å². The fourth-order valence-corrected chi connectivity index (χ4v) is 2.00. The van der Waals surface area contributed by atoms with Gasteiger partial charge in [0.05, 0.1) is 15.5 Å². The second-order valence-electron chi connectivity index (χ2n) is 4.00. The average Bonchev–Trinajstić information content (AvgIpc) is 2.37. The summed E-state index contributed by atoms with van der Waals surface area (Å²) < 4.78 is 37.9. The summed E-state index contributed by atoms with van der Waals surface area (Å²) >= 11 is 5.89. The number of hydrogen-bond acceptors (Lipinski definition) is 2. The van der Waals surface area contributed by atoms with Crippen molar-refractivity contribution in [3.63, 3.8) is 0 Å². The number of rotatable bonds is 2. The molecule has 0 atom stereocenters. The van der Waals surface area contributed by atoms with E-state index in [9.17, 15) is 23.3 Å². The Kier molecular flexibility index (Phi) is 3.67. The molecule has 0 N–H and O–H groups in total. The van der Waals surface area contributed by atoms with Crippen LogP contribution in [0.2, 0.25) is 5.02 Å². The largest absolute Gasteiger partial charge is 0.416 e. The molecule has 0 saturated heterocycles. The summed E-state index contributed by atoms with van der Waals surface area (Å²) in [5.74, 6) is 0. The molecule has 3 nitrogen and oxygen atoms in total. The van der Waals surface area contributed by atoms with Crippen LogP contribution in [0.15, 0.2) is 42.5 Å². The number of nitrogens with zero attached hydrogens (tertiary/aromatic N) is 1. The first-order valence-electron chi connectivity index (χ1n) is 5.40. The SMILES string of the molecule is O=[N+]([O-])c1ccc(-c2cccc(C(F)(F)F)c2)c(Cl)c1. The van der Waals surface area contributed by atoms with E-state index < -0.39 is 16.7 Å². The number of non-ortho nitro benzene ring substituents is 1. The minimum absolute atomic E-state index is 0.0264. The Bertz CT molecular complexity index is 671. The third-order valence-electron chi connectivity index (χ3n) is 2.66. The summed E-state index contributed by atoms with van der Waals surface area (Å²) in [5.41, 5.74) is -0.460. The zero-order chi connectivity index (χ0) is 14.9. The topological polar surface area (TPSA) is 43.1 Å². The first-order valence-corrected chi connectivity index (χ1v) is 5.78. The van der Waals surface area contributed by atoms with Gasteiger partial charge in [-0.15, -0.1) is 0 Å². The van der Waals surface area contributed by atoms with Crippen LogP contribution in [-0.2, 0) is 6.18 Å². The van der Waals surface area contributed by atoms with Gasteiger partial charge < -0.3 is 0 Å². The van der Waals surface area contributed by atoms with Gasteiger partial charge in [-0.2, -0.15) is 13.2 Å². The first kappa shape index (κ1) is 14.3. The molecule has 2 rings (SSSR count). The summed E-state index contributed by atoms with van der Waals surface area (Å²) in [6, 6.07) is 8.25. The molecule has 0 aliphatic rings. The summed E-state index contributed by atoms with van der Waals surface area (Å²) in [5, 5.41) is 10.6. The Morgan fingerprint density at radius 2 is 1.80 bits per heavy atom. The van der Waals surface area contributed by atoms with Gasteiger partial charge >= 0.3 is 6.18 Å². The Morgan fingerprint density at radius 1 is 1.10 bits per heavy atom. The van der Waals surface area contributed by atoms with Gasteiger partial charge in [0.2, 0.25) is 0 Å². The molecule has 2 aromatic carbocycles. The van der Waals surface area contributed by atoms with Crippen molar-refractivity contribution < 1.29 is 18.1 Å². The Morgan fingerprint density at radius 3 is 2.35 bits per heavy atom. The van der Waals surface area contributed by atoms with E-state index in [1.54, 1.807) is 0 Å². The van der Waals surface area contributed by atoms with Crippen LogP contribution >= 0.6 is 11.6 Å². The molecular formula is C13H7ClF3NO2. The van der Waals surface area contributed by atoms with Gasteiger partial charge in [-0.05, 0) is 23.8 Å². The number of nitro groups is 1. The standard InChI is InChI=1S/C13H7ClF3NO2/c14-12-7-10(18(19)20)4-5-11(12)8-2-1-3-9(6-8)13(15,16)17/h1-7H. The number of nitro benzene ring substituents is 1. The van der Waals surface area contributed by atoms with E-state index in [4.69, 9.17) is 11.6 Å². The molecule has 0 heterocycles. The lowest BCUT2D eigenvalue weighted by molar-refractivity contribution is -0.384. The monoisotopic (exact) mass is 301 g/mol. The highest BCUT2D eigenvalue weighted by molar-refractivity contribution is 6.33. The van der Waals surface area contributed by atoms with Gasteiger partial charge in [-0.3, -0.25) is 10.1 Å². The third-order valence-corrected chi connectivity index (χ3v) is 2.98. The minimum Gasteiger partial charge on any atom is -0.258 e. The molecule has 0 aliphatic carbocycles. The van der Waals surface area contributed by atoms with Crippen LogP contribution in [0.5, 0.6) is 0 Å². The Hall–Kier alpha value is -2.08. The average molecular weight is 302 g/mol. The van der Waals surface area contributed by atoms with E-state index in [1.165, 1.54) is 24.3 Å². The van der Waals surface area contributed by atoms with Crippen molar-refractivity contribution in [2.45, 2.75) is 6.18 Å². The van der Waals surface area contributed by atoms with Crippen LogP contribution in [0.3, 0.4) is 0 Å². The lowest BCUT2D eigenvalue weighted by atomic mass is 10.0. The van der Waals surface area contributed by atoms with Crippen LogP contribution in [-0.4, -0.2) is 4.92 Å². The van der Waals surface area contributed by atoms with Gasteiger partial charge in [-0.25, -0.2) is 0 Å². The normalized spacial score (nSPS) is 11.4. The van der Waals surface area contributed by atoms with Crippen LogP contribution in [0.4, 0.5) is 18.9 Å². The maximum Gasteiger partial charge on any atom is 0.416 e. The van der Waals surface area contributed by atoms with Crippen molar-refractivity contribution in [1.82, 2.24) is 0 Å². The lowest BCUT2D eigenvalue weighted by Gasteiger charge is -2.09. The molecule has 2 aromatic rings. The second-order valence-corrected chi connectivity index (χ2v) is 4.41. The fourth-order valence-electron chi connectivity index (χ4n) is 1.71. The van der Waals surface area contributed by atoms with E-state index in [-0.39, 0.29) is 16.3 Å². The maximum absolute atomic E-state index is 12.6. The molecule has 0 radical (unpaired) electrons. The van der Waals surface area contributed by atoms with Crippen LogP contribution < -0.4 is 0 Å². The highest BCUT2D eigenvalue weighted by atomic mass is 35.5. The lowest BCUT2D eigenvalue weighted by Crippen LogP contribution is -2.04. The van der Waals surface area contributed by atoms with Crippen molar-refractivity contribution in [3.05, 3.63) is 63.2 Å². The smallest absolute Gasteiger partial charge is 0.258 e.